The van der Waals surface area contributed by atoms with Gasteiger partial charge in [-0.25, -0.2) is 4.98 Å². The van der Waals surface area contributed by atoms with E-state index in [1.54, 1.807) is 23.3 Å². The molecule has 208 valence electrons. The summed E-state index contributed by atoms with van der Waals surface area (Å²) < 4.78 is 7.97. The van der Waals surface area contributed by atoms with Gasteiger partial charge in [0.2, 0.25) is 5.88 Å². The van der Waals surface area contributed by atoms with Crippen molar-refractivity contribution in [1.29, 1.82) is 0 Å². The molecule has 4 heterocycles. The fourth-order valence-electron chi connectivity index (χ4n) is 5.12. The van der Waals surface area contributed by atoms with E-state index in [0.29, 0.717) is 28.5 Å². The molecule has 0 unspecified atom stereocenters. The molecule has 1 aliphatic rings. The molecule has 3 aromatic heterocycles. The predicted octanol–water partition coefficient (Wildman–Crippen LogP) is 4.70. The lowest BCUT2D eigenvalue weighted by atomic mass is 9.98. The first-order chi connectivity index (χ1) is 19.9. The summed E-state index contributed by atoms with van der Waals surface area (Å²) in [5.41, 5.74) is 5.53. The second kappa shape index (κ2) is 11.6. The fraction of sp³-hybridized carbons (Fsp3) is 0.281. The highest BCUT2D eigenvalue weighted by molar-refractivity contribution is 5.97. The Morgan fingerprint density at radius 1 is 0.951 bits per heavy atom. The van der Waals surface area contributed by atoms with E-state index < -0.39 is 0 Å². The molecule has 0 saturated carbocycles. The van der Waals surface area contributed by atoms with Crippen LogP contribution >= 0.6 is 0 Å². The van der Waals surface area contributed by atoms with Crippen molar-refractivity contribution >= 4 is 16.8 Å². The largest absolute Gasteiger partial charge is 0.438 e. The van der Waals surface area contributed by atoms with E-state index in [1.165, 1.54) is 5.56 Å². The van der Waals surface area contributed by atoms with Crippen LogP contribution in [0.4, 0.5) is 0 Å². The van der Waals surface area contributed by atoms with Crippen molar-refractivity contribution in [3.63, 3.8) is 0 Å². The summed E-state index contributed by atoms with van der Waals surface area (Å²) in [5.74, 6) is 1.60. The number of likely N-dealkylation sites (N-methyl/N-ethyl adjacent to an activating group) is 1. The van der Waals surface area contributed by atoms with Crippen molar-refractivity contribution in [2.45, 2.75) is 19.9 Å². The van der Waals surface area contributed by atoms with Gasteiger partial charge in [0.05, 0.1) is 6.20 Å². The van der Waals surface area contributed by atoms with Crippen LogP contribution in [0.25, 0.3) is 22.4 Å². The third-order valence-electron chi connectivity index (χ3n) is 7.63. The first-order valence-corrected chi connectivity index (χ1v) is 13.8. The molecular formula is C32H33N7O2. The van der Waals surface area contributed by atoms with Gasteiger partial charge in [0.1, 0.15) is 11.1 Å². The molecule has 6 rings (SSSR count). The van der Waals surface area contributed by atoms with Crippen LogP contribution in [0, 0.1) is 6.92 Å². The molecule has 0 spiro atoms. The van der Waals surface area contributed by atoms with Crippen LogP contribution in [-0.4, -0.2) is 73.5 Å². The number of piperazine rings is 1. The number of ether oxygens (including phenoxy) is 1. The van der Waals surface area contributed by atoms with Crippen LogP contribution in [0.15, 0.2) is 73.2 Å². The monoisotopic (exact) mass is 547 g/mol. The summed E-state index contributed by atoms with van der Waals surface area (Å²) >= 11 is 0. The minimum atomic E-state index is 0.0769. The lowest BCUT2D eigenvalue weighted by molar-refractivity contribution is 0.0993. The van der Waals surface area contributed by atoms with Gasteiger partial charge >= 0.3 is 0 Å². The molecule has 9 nitrogen and oxygen atoms in total. The quantitative estimate of drug-likeness (QED) is 0.258. The van der Waals surface area contributed by atoms with Crippen molar-refractivity contribution < 1.29 is 9.53 Å². The van der Waals surface area contributed by atoms with Crippen molar-refractivity contribution in [1.82, 2.24) is 34.5 Å². The fourth-order valence-corrected chi connectivity index (χ4v) is 5.12. The highest BCUT2D eigenvalue weighted by Gasteiger charge is 2.17. The Hall–Kier alpha value is -4.47. The molecule has 0 amide bonds. The van der Waals surface area contributed by atoms with Crippen molar-refractivity contribution in [2.24, 2.45) is 7.05 Å². The van der Waals surface area contributed by atoms with Gasteiger partial charge < -0.3 is 9.64 Å². The predicted molar refractivity (Wildman–Crippen MR) is 158 cm³/mol. The SMILES string of the molecule is Cc1cc(C(=O)Cc2cccc(Oc3nc(-c4ccncc4)nc4c3cnn4C)c2)ccc1CN1CCN(C)CC1. The first kappa shape index (κ1) is 26.7. The van der Waals surface area contributed by atoms with Crippen molar-refractivity contribution in [2.75, 3.05) is 33.2 Å². The summed E-state index contributed by atoms with van der Waals surface area (Å²) in [6.45, 7) is 7.34. The second-order valence-corrected chi connectivity index (χ2v) is 10.7. The van der Waals surface area contributed by atoms with Gasteiger partial charge in [-0.15, -0.1) is 0 Å². The molecule has 1 aliphatic heterocycles. The zero-order valence-electron chi connectivity index (χ0n) is 23.6. The number of aryl methyl sites for hydroxylation is 2. The maximum absolute atomic E-state index is 13.3. The number of benzene rings is 2. The second-order valence-electron chi connectivity index (χ2n) is 10.7. The Morgan fingerprint density at radius 3 is 2.54 bits per heavy atom. The zero-order valence-corrected chi connectivity index (χ0v) is 23.6. The van der Waals surface area contributed by atoms with Crippen LogP contribution in [0.5, 0.6) is 11.6 Å². The van der Waals surface area contributed by atoms with Gasteiger partial charge in [0.25, 0.3) is 0 Å². The number of hydrogen-bond acceptors (Lipinski definition) is 8. The number of fused-ring (bicyclic) bond motifs is 1. The molecule has 9 heteroatoms. The Kier molecular flexibility index (Phi) is 7.54. The molecule has 41 heavy (non-hydrogen) atoms. The molecule has 0 radical (unpaired) electrons. The summed E-state index contributed by atoms with van der Waals surface area (Å²) in [4.78, 5) is 31.6. The minimum absolute atomic E-state index is 0.0769. The standard InChI is InChI=1S/C32H33N7O2/c1-22-17-25(7-8-26(22)21-39-15-13-37(2)14-16-39)29(40)19-23-5-4-6-27(18-23)41-32-28-20-34-38(3)31(28)35-30(36-32)24-9-11-33-12-10-24/h4-12,17-18,20H,13-16,19,21H2,1-3H3. The Labute approximate surface area is 239 Å². The molecule has 0 atom stereocenters. The number of rotatable bonds is 8. The van der Waals surface area contributed by atoms with Gasteiger partial charge in [-0.1, -0.05) is 24.3 Å². The average molecular weight is 548 g/mol. The first-order valence-electron chi connectivity index (χ1n) is 13.8. The maximum Gasteiger partial charge on any atom is 0.234 e. The lowest BCUT2D eigenvalue weighted by Crippen LogP contribution is -2.43. The number of carbonyl (C=O) groups is 1. The number of hydrogen-bond donors (Lipinski definition) is 0. The summed E-state index contributed by atoms with van der Waals surface area (Å²) in [6.07, 6.45) is 5.39. The maximum atomic E-state index is 13.3. The van der Waals surface area contributed by atoms with E-state index in [1.807, 2.05) is 55.6 Å². The third-order valence-corrected chi connectivity index (χ3v) is 7.63. The van der Waals surface area contributed by atoms with Crippen LogP contribution in [0.3, 0.4) is 0 Å². The molecule has 5 aromatic rings. The van der Waals surface area contributed by atoms with Gasteiger partial charge in [0, 0.05) is 69.7 Å². The number of carbonyl (C=O) groups excluding carboxylic acids is 1. The zero-order chi connectivity index (χ0) is 28.3. The molecular weight excluding hydrogens is 514 g/mol. The molecule has 0 bridgehead atoms. The Bertz CT molecular complexity index is 1690. The number of ketones is 1. The normalized spacial score (nSPS) is 14.4. The molecule has 1 fully saturated rings. The van der Waals surface area contributed by atoms with Crippen LogP contribution < -0.4 is 4.74 Å². The van der Waals surface area contributed by atoms with Crippen LogP contribution in [0.1, 0.15) is 27.0 Å². The number of Topliss-reactive ketones (excluding diaryl/α,β-unsaturated/α-hetero) is 1. The van der Waals surface area contributed by atoms with Gasteiger partial charge in [-0.3, -0.25) is 19.4 Å². The van der Waals surface area contributed by atoms with Crippen LogP contribution in [-0.2, 0) is 20.0 Å². The number of aromatic nitrogens is 5. The lowest BCUT2D eigenvalue weighted by Gasteiger charge is -2.32. The van der Waals surface area contributed by atoms with Gasteiger partial charge in [-0.05, 0) is 61.0 Å². The Morgan fingerprint density at radius 2 is 1.76 bits per heavy atom. The van der Waals surface area contributed by atoms with E-state index >= 15 is 0 Å². The Balaban J connectivity index is 1.18. The molecule has 2 aromatic carbocycles. The third kappa shape index (κ3) is 6.01. The van der Waals surface area contributed by atoms with E-state index in [9.17, 15) is 4.79 Å². The van der Waals surface area contributed by atoms with Gasteiger partial charge in [0.15, 0.2) is 17.3 Å². The summed E-state index contributed by atoms with van der Waals surface area (Å²) in [7, 11) is 4.00. The summed E-state index contributed by atoms with van der Waals surface area (Å²) in [5, 5.41) is 5.05. The van der Waals surface area contributed by atoms with Crippen molar-refractivity contribution in [3.05, 3.63) is 95.4 Å². The van der Waals surface area contributed by atoms with E-state index in [2.05, 4.69) is 44.9 Å². The van der Waals surface area contributed by atoms with E-state index in [-0.39, 0.29) is 12.2 Å². The number of pyridine rings is 1. The average Bonchev–Trinajstić information content (AvgIpc) is 3.36. The highest BCUT2D eigenvalue weighted by atomic mass is 16.5. The minimum Gasteiger partial charge on any atom is -0.438 e. The summed E-state index contributed by atoms with van der Waals surface area (Å²) in [6, 6.07) is 17.4. The van der Waals surface area contributed by atoms with E-state index in [0.717, 1.165) is 55.0 Å². The number of nitrogens with zero attached hydrogens (tertiary/aromatic N) is 7. The molecule has 1 saturated heterocycles. The smallest absolute Gasteiger partial charge is 0.234 e. The van der Waals surface area contributed by atoms with Crippen molar-refractivity contribution in [3.8, 4) is 23.0 Å². The topological polar surface area (TPSA) is 89.3 Å². The highest BCUT2D eigenvalue weighted by Crippen LogP contribution is 2.30. The van der Waals surface area contributed by atoms with Gasteiger partial charge in [-0.2, -0.15) is 10.1 Å². The van der Waals surface area contributed by atoms with Crippen LogP contribution in [0.2, 0.25) is 0 Å². The molecule has 0 N–H and O–H groups in total. The van der Waals surface area contributed by atoms with E-state index in [4.69, 9.17) is 9.72 Å². The molecule has 0 aliphatic carbocycles.